The molecule has 0 rings (SSSR count). The molecule has 0 aliphatic heterocycles. The average molecular weight is 528 g/mol. The van der Waals surface area contributed by atoms with Crippen LogP contribution in [0.2, 0.25) is 0 Å². The van der Waals surface area contributed by atoms with Crippen molar-refractivity contribution in [3.8, 4) is 71.5 Å². The molecule has 0 aromatic rings. The van der Waals surface area contributed by atoms with Gasteiger partial charge in [0, 0.05) is 12.3 Å². The van der Waals surface area contributed by atoms with Gasteiger partial charge in [0.05, 0.1) is 14.4 Å². The van der Waals surface area contributed by atoms with Crippen LogP contribution in [0.3, 0.4) is 0 Å². The van der Waals surface area contributed by atoms with E-state index in [9.17, 15) is 23.9 Å². The molecule has 36 heavy (non-hydrogen) atoms. The minimum absolute atomic E-state index is 0. The zero-order valence-electron chi connectivity index (χ0n) is 20.7. The summed E-state index contributed by atoms with van der Waals surface area (Å²) in [6.45, 7) is 0.758. The van der Waals surface area contributed by atoms with Crippen LogP contribution in [-0.4, -0.2) is 31.3 Å². The number of terminal acetylenes is 1. The number of esters is 2. The Balaban J connectivity index is -0.00000544. The van der Waals surface area contributed by atoms with Gasteiger partial charge in [-0.15, -0.1) is 6.42 Å². The third-order valence-electron chi connectivity index (χ3n) is 3.59. The maximum Gasteiger partial charge on any atom is 1.00 e. The van der Waals surface area contributed by atoms with Crippen molar-refractivity contribution in [1.82, 2.24) is 0 Å². The molecule has 0 unspecified atom stereocenters. The summed E-state index contributed by atoms with van der Waals surface area (Å²) in [6, 6.07) is 0. The Bertz CT molecular complexity index is 1080. The van der Waals surface area contributed by atoms with E-state index in [4.69, 9.17) is 15.9 Å². The number of phosphoric ester groups is 1. The van der Waals surface area contributed by atoms with Gasteiger partial charge >= 0.3 is 71.1 Å². The fourth-order valence-electron chi connectivity index (χ4n) is 2.13. The normalized spacial score (nSPS) is 9.28. The number of hydrogen-bond acceptors (Lipinski definition) is 8. The van der Waals surface area contributed by atoms with Gasteiger partial charge in [-0.1, -0.05) is 39.0 Å². The number of carbonyl (C=O) groups is 2. The second-order valence-corrected chi connectivity index (χ2v) is 7.52. The largest absolute Gasteiger partial charge is 1.00 e. The Kier molecular flexibility index (Phi) is 28.6. The Hall–Kier alpha value is -1.59. The predicted molar refractivity (Wildman–Crippen MR) is 120 cm³/mol. The van der Waals surface area contributed by atoms with E-state index in [-0.39, 0.29) is 65.5 Å². The minimum atomic E-state index is -5.30. The van der Waals surface area contributed by atoms with Crippen molar-refractivity contribution in [3.05, 3.63) is 0 Å². The van der Waals surface area contributed by atoms with E-state index in [1.807, 2.05) is 5.92 Å². The number of rotatable bonds is 13. The quantitative estimate of drug-likeness (QED) is 0.0580. The summed E-state index contributed by atoms with van der Waals surface area (Å²) in [4.78, 5) is 45.0. The molecule has 0 N–H and O–H groups in total. The van der Waals surface area contributed by atoms with Gasteiger partial charge in [-0.05, 0) is 65.6 Å². The third-order valence-corrected chi connectivity index (χ3v) is 4.05. The molecule has 178 valence electrons. The molecule has 0 aliphatic carbocycles. The van der Waals surface area contributed by atoms with Crippen LogP contribution in [0, 0.1) is 71.5 Å². The van der Waals surface area contributed by atoms with Gasteiger partial charge in [-0.2, -0.15) is 0 Å². The van der Waals surface area contributed by atoms with Crippen LogP contribution >= 0.6 is 7.82 Å². The number of ether oxygens (including phenoxy) is 2. The molecular formula is C25H23Na2O8P. The summed E-state index contributed by atoms with van der Waals surface area (Å²) in [6.07, 6.45) is 9.45. The van der Waals surface area contributed by atoms with Gasteiger partial charge in [-0.25, -0.2) is 4.79 Å². The molecule has 8 nitrogen and oxygen atoms in total. The van der Waals surface area contributed by atoms with Crippen molar-refractivity contribution in [2.24, 2.45) is 0 Å². The number of phosphoric acid groups is 1. The van der Waals surface area contributed by atoms with E-state index >= 15 is 0 Å². The van der Waals surface area contributed by atoms with Gasteiger partial charge in [0.15, 0.2) is 6.10 Å². The van der Waals surface area contributed by atoms with Crippen molar-refractivity contribution in [2.45, 2.75) is 58.0 Å². The van der Waals surface area contributed by atoms with Crippen LogP contribution in [0.15, 0.2) is 0 Å². The minimum Gasteiger partial charge on any atom is -0.790 e. The smallest absolute Gasteiger partial charge is 0.790 e. The van der Waals surface area contributed by atoms with Crippen molar-refractivity contribution >= 4 is 19.8 Å². The molecule has 0 aromatic carbocycles. The first-order chi connectivity index (χ1) is 16.3. The average Bonchev–Trinajstić information content (AvgIpc) is 2.78. The van der Waals surface area contributed by atoms with Crippen LogP contribution in [0.5, 0.6) is 0 Å². The predicted octanol–water partition coefficient (Wildman–Crippen LogP) is -5.30. The number of unbranched alkanes of at least 4 members (excludes halogenated alkanes) is 5. The topological polar surface area (TPSA) is 125 Å². The van der Waals surface area contributed by atoms with E-state index in [1.165, 1.54) is 0 Å². The zero-order valence-corrected chi connectivity index (χ0v) is 25.6. The molecule has 0 bridgehead atoms. The Labute approximate surface area is 257 Å². The molecule has 0 heterocycles. The van der Waals surface area contributed by atoms with Crippen molar-refractivity contribution < 1.29 is 97.1 Å². The standard InChI is InChI=1S/C25H25O8P.2Na/c1-3-5-7-9-11-12-13-14-16-17-19-24(26)31-21-23(22-32-34(28,29)30)33-25(27)20-18-15-10-8-6-4-2;;/h1,23H,4,6,8,10,15,18,20-22H2,2H3,(H2,28,29,30);;/q;2*+1/p-2/t23-;;/m0../s1. The molecule has 0 radical (unpaired) electrons. The summed E-state index contributed by atoms with van der Waals surface area (Å²) in [5.41, 5.74) is 0. The third kappa shape index (κ3) is 28.6. The van der Waals surface area contributed by atoms with Crippen LogP contribution in [0.25, 0.3) is 0 Å². The van der Waals surface area contributed by atoms with Crippen molar-refractivity contribution in [2.75, 3.05) is 13.2 Å². The molecular weight excluding hydrogens is 505 g/mol. The van der Waals surface area contributed by atoms with E-state index in [0.29, 0.717) is 6.42 Å². The SMILES string of the molecule is C#CC#CC#CC#CC#CC#CC(=O)OC[C@@H](COP(=O)([O-])[O-])OC(=O)CCCCCCCC.[Na+].[Na+]. The molecule has 0 aliphatic rings. The number of hydrogen-bond donors (Lipinski definition) is 0. The molecule has 0 spiro atoms. The van der Waals surface area contributed by atoms with Crippen LogP contribution < -0.4 is 68.9 Å². The van der Waals surface area contributed by atoms with Gasteiger partial charge < -0.3 is 28.3 Å². The fraction of sp³-hybridized carbons (Fsp3) is 0.440. The van der Waals surface area contributed by atoms with Gasteiger partial charge in [-0.3, -0.25) is 4.79 Å². The van der Waals surface area contributed by atoms with Crippen molar-refractivity contribution in [1.29, 1.82) is 0 Å². The zero-order chi connectivity index (χ0) is 25.5. The van der Waals surface area contributed by atoms with Gasteiger partial charge in [0.1, 0.15) is 6.61 Å². The summed E-state index contributed by atoms with van der Waals surface area (Å²) in [7, 11) is -5.30. The van der Waals surface area contributed by atoms with E-state index in [0.717, 1.165) is 32.1 Å². The molecule has 0 fully saturated rings. The summed E-state index contributed by atoms with van der Waals surface area (Å²) in [5, 5.41) is 0. The molecule has 0 aromatic heterocycles. The maximum absolute atomic E-state index is 12.0. The van der Waals surface area contributed by atoms with Gasteiger partial charge in [0.25, 0.3) is 0 Å². The molecule has 0 amide bonds. The maximum atomic E-state index is 12.0. The van der Waals surface area contributed by atoms with Crippen LogP contribution in [-0.2, 0) is 28.2 Å². The van der Waals surface area contributed by atoms with E-state index in [1.54, 1.807) is 0 Å². The Morgan fingerprint density at radius 1 is 0.833 bits per heavy atom. The molecule has 1 atom stereocenters. The Morgan fingerprint density at radius 3 is 1.92 bits per heavy atom. The monoisotopic (exact) mass is 528 g/mol. The summed E-state index contributed by atoms with van der Waals surface area (Å²) >= 11 is 0. The molecule has 11 heteroatoms. The van der Waals surface area contributed by atoms with Gasteiger partial charge in [0.2, 0.25) is 0 Å². The first-order valence-electron chi connectivity index (χ1n) is 10.3. The number of carbonyl (C=O) groups excluding carboxylic acids is 2. The molecule has 0 saturated carbocycles. The fourth-order valence-corrected chi connectivity index (χ4v) is 2.48. The van der Waals surface area contributed by atoms with Crippen molar-refractivity contribution in [3.63, 3.8) is 0 Å². The van der Waals surface area contributed by atoms with Crippen LogP contribution in [0.4, 0.5) is 0 Å². The Morgan fingerprint density at radius 2 is 1.36 bits per heavy atom. The summed E-state index contributed by atoms with van der Waals surface area (Å²) < 4.78 is 24.7. The second kappa shape index (κ2) is 26.5. The van der Waals surface area contributed by atoms with E-state index < -0.39 is 39.1 Å². The first-order valence-corrected chi connectivity index (χ1v) is 11.7. The second-order valence-electron chi connectivity index (χ2n) is 6.37. The first kappa shape index (κ1) is 38.9. The molecule has 0 saturated heterocycles. The van der Waals surface area contributed by atoms with E-state index in [2.05, 4.69) is 70.7 Å². The summed E-state index contributed by atoms with van der Waals surface area (Å²) in [5.74, 6) is 23.4. The van der Waals surface area contributed by atoms with Crippen LogP contribution in [0.1, 0.15) is 51.9 Å².